The van der Waals surface area contributed by atoms with Crippen molar-refractivity contribution in [3.63, 3.8) is 0 Å². The van der Waals surface area contributed by atoms with Gasteiger partial charge >= 0.3 is 5.63 Å². The molecule has 0 amide bonds. The van der Waals surface area contributed by atoms with Crippen LogP contribution < -0.4 is 5.63 Å². The molecule has 1 heterocycles. The molecule has 1 aromatic rings. The number of aromatic nitrogens is 1. The van der Waals surface area contributed by atoms with Crippen LogP contribution in [0.4, 0.5) is 0 Å². The summed E-state index contributed by atoms with van der Waals surface area (Å²) in [6, 6.07) is 1.41. The predicted octanol–water partition coefficient (Wildman–Crippen LogP) is 1.20. The molecule has 0 N–H and O–H groups in total. The summed E-state index contributed by atoms with van der Waals surface area (Å²) in [6.45, 7) is 5.90. The molecule has 0 saturated carbocycles. The molecule has 0 fully saturated rings. The van der Waals surface area contributed by atoms with E-state index < -0.39 is 0 Å². The van der Waals surface area contributed by atoms with Crippen LogP contribution in [0.2, 0.25) is 0 Å². The minimum absolute atomic E-state index is 0.136. The lowest BCUT2D eigenvalue weighted by molar-refractivity contribution is 0.154. The molecule has 0 aliphatic rings. The molecule has 0 radical (unpaired) electrons. The molecule has 10 heavy (non-hydrogen) atoms. The fourth-order valence-corrected chi connectivity index (χ4v) is 0.647. The highest BCUT2D eigenvalue weighted by Gasteiger charge is 2.13. The van der Waals surface area contributed by atoms with Crippen molar-refractivity contribution in [3.8, 4) is 0 Å². The zero-order valence-corrected chi connectivity index (χ0v) is 6.42. The van der Waals surface area contributed by atoms with Crippen LogP contribution >= 0.6 is 0 Å². The fraction of sp³-hybridized carbons (Fsp3) is 0.571. The second kappa shape index (κ2) is 2.01. The highest BCUT2D eigenvalue weighted by atomic mass is 16.5. The van der Waals surface area contributed by atoms with Gasteiger partial charge in [0.25, 0.3) is 0 Å². The molecule has 56 valence electrons. The summed E-state index contributed by atoms with van der Waals surface area (Å²) in [4.78, 5) is 10.5. The van der Waals surface area contributed by atoms with E-state index in [1.54, 1.807) is 6.20 Å². The Labute approximate surface area is 59.2 Å². The minimum Gasteiger partial charge on any atom is -0.336 e. The second-order valence-electron chi connectivity index (χ2n) is 3.22. The molecule has 0 aliphatic heterocycles. The summed E-state index contributed by atoms with van der Waals surface area (Å²) in [5.74, 6) is 0. The Balaban J connectivity index is 3.07. The third-order valence-corrected chi connectivity index (χ3v) is 1.20. The van der Waals surface area contributed by atoms with E-state index in [2.05, 4.69) is 0 Å². The molecule has 3 nitrogen and oxygen atoms in total. The van der Waals surface area contributed by atoms with Crippen molar-refractivity contribution < 1.29 is 4.52 Å². The molecule has 1 aromatic heterocycles. The third-order valence-electron chi connectivity index (χ3n) is 1.20. The zero-order valence-electron chi connectivity index (χ0n) is 6.42. The van der Waals surface area contributed by atoms with Gasteiger partial charge in [-0.25, -0.2) is 9.53 Å². The summed E-state index contributed by atoms with van der Waals surface area (Å²) >= 11 is 0. The minimum atomic E-state index is -0.296. The van der Waals surface area contributed by atoms with E-state index in [1.165, 1.54) is 10.8 Å². The Morgan fingerprint density at radius 2 is 2.10 bits per heavy atom. The molecule has 0 saturated heterocycles. The molecular weight excluding hydrogens is 130 g/mol. The number of nitrogens with zero attached hydrogens (tertiary/aromatic N) is 1. The predicted molar refractivity (Wildman–Crippen MR) is 38.0 cm³/mol. The molecule has 3 heteroatoms. The molecule has 0 bridgehead atoms. The van der Waals surface area contributed by atoms with Crippen LogP contribution in [0.5, 0.6) is 0 Å². The fourth-order valence-electron chi connectivity index (χ4n) is 0.647. The average Bonchev–Trinajstić information content (AvgIpc) is 2.11. The topological polar surface area (TPSA) is 35.1 Å². The van der Waals surface area contributed by atoms with E-state index in [0.717, 1.165) is 0 Å². The Bertz CT molecular complexity index is 264. The van der Waals surface area contributed by atoms with Crippen molar-refractivity contribution in [2.45, 2.75) is 26.3 Å². The van der Waals surface area contributed by atoms with Gasteiger partial charge in [0.1, 0.15) is 0 Å². The van der Waals surface area contributed by atoms with Crippen LogP contribution in [0.3, 0.4) is 0 Å². The summed E-state index contributed by atoms with van der Waals surface area (Å²) < 4.78 is 6.35. The first-order chi connectivity index (χ1) is 4.50. The van der Waals surface area contributed by atoms with Crippen LogP contribution in [-0.4, -0.2) is 4.74 Å². The van der Waals surface area contributed by atoms with Crippen molar-refractivity contribution in [3.05, 3.63) is 22.7 Å². The van der Waals surface area contributed by atoms with E-state index in [1.807, 2.05) is 20.8 Å². The maximum Gasteiger partial charge on any atom is 0.357 e. The van der Waals surface area contributed by atoms with E-state index in [0.29, 0.717) is 0 Å². The first-order valence-electron chi connectivity index (χ1n) is 3.19. The van der Waals surface area contributed by atoms with Gasteiger partial charge in [0.2, 0.25) is 0 Å². The highest BCUT2D eigenvalue weighted by Crippen LogP contribution is 2.10. The van der Waals surface area contributed by atoms with Crippen LogP contribution in [0.25, 0.3) is 0 Å². The quantitative estimate of drug-likeness (QED) is 0.544. The van der Waals surface area contributed by atoms with Gasteiger partial charge in [-0.05, 0) is 20.8 Å². The first-order valence-corrected chi connectivity index (χ1v) is 3.19. The average molecular weight is 141 g/mol. The van der Waals surface area contributed by atoms with Crippen molar-refractivity contribution in [2.75, 3.05) is 0 Å². The van der Waals surface area contributed by atoms with Crippen LogP contribution in [0.1, 0.15) is 20.8 Å². The van der Waals surface area contributed by atoms with Gasteiger partial charge in [0.15, 0.2) is 0 Å². The maximum atomic E-state index is 10.5. The largest absolute Gasteiger partial charge is 0.357 e. The standard InChI is InChI=1S/C7H11NO2/c1-7(2,3)8-5-4-6(9)10-8/h4-5H,1-3H3. The van der Waals surface area contributed by atoms with Crippen molar-refractivity contribution in [2.24, 2.45) is 0 Å². The van der Waals surface area contributed by atoms with Crippen LogP contribution in [0, 0.1) is 0 Å². The van der Waals surface area contributed by atoms with Crippen LogP contribution in [-0.2, 0) is 5.54 Å². The SMILES string of the molecule is CC(C)(C)n1ccc(=O)o1. The van der Waals surface area contributed by atoms with E-state index in [9.17, 15) is 4.79 Å². The van der Waals surface area contributed by atoms with Crippen LogP contribution in [0.15, 0.2) is 21.6 Å². The van der Waals surface area contributed by atoms with Crippen molar-refractivity contribution >= 4 is 0 Å². The van der Waals surface area contributed by atoms with Gasteiger partial charge in [-0.3, -0.25) is 0 Å². The Morgan fingerprint density at radius 3 is 2.30 bits per heavy atom. The van der Waals surface area contributed by atoms with Gasteiger partial charge in [-0.1, -0.05) is 0 Å². The molecule has 0 spiro atoms. The Morgan fingerprint density at radius 1 is 1.50 bits per heavy atom. The van der Waals surface area contributed by atoms with Crippen molar-refractivity contribution in [1.82, 2.24) is 4.74 Å². The second-order valence-corrected chi connectivity index (χ2v) is 3.22. The lowest BCUT2D eigenvalue weighted by Gasteiger charge is -2.17. The molecular formula is C7H11NO2. The first kappa shape index (κ1) is 7.12. The number of rotatable bonds is 0. The Kier molecular flexibility index (Phi) is 1.43. The molecule has 0 aromatic carbocycles. The molecule has 0 atom stereocenters. The highest BCUT2D eigenvalue weighted by molar-refractivity contribution is 4.80. The summed E-state index contributed by atoms with van der Waals surface area (Å²) in [5.41, 5.74) is -0.433. The lowest BCUT2D eigenvalue weighted by Crippen LogP contribution is -2.20. The summed E-state index contributed by atoms with van der Waals surface area (Å²) in [6.07, 6.45) is 1.64. The summed E-state index contributed by atoms with van der Waals surface area (Å²) in [7, 11) is 0. The van der Waals surface area contributed by atoms with Gasteiger partial charge in [-0.2, -0.15) is 0 Å². The summed E-state index contributed by atoms with van der Waals surface area (Å²) in [5, 5.41) is 0. The molecule has 0 aliphatic carbocycles. The van der Waals surface area contributed by atoms with Gasteiger partial charge in [0, 0.05) is 12.3 Å². The van der Waals surface area contributed by atoms with Gasteiger partial charge in [0.05, 0.1) is 5.54 Å². The smallest absolute Gasteiger partial charge is 0.336 e. The van der Waals surface area contributed by atoms with E-state index in [-0.39, 0.29) is 11.2 Å². The number of hydrogen-bond donors (Lipinski definition) is 0. The monoisotopic (exact) mass is 141 g/mol. The Hall–Kier alpha value is -0.990. The van der Waals surface area contributed by atoms with E-state index in [4.69, 9.17) is 4.52 Å². The number of hydrogen-bond acceptors (Lipinski definition) is 2. The maximum absolute atomic E-state index is 10.5. The van der Waals surface area contributed by atoms with Gasteiger partial charge < -0.3 is 4.52 Å². The lowest BCUT2D eigenvalue weighted by atomic mass is 10.1. The normalized spacial score (nSPS) is 11.9. The van der Waals surface area contributed by atoms with Crippen molar-refractivity contribution in [1.29, 1.82) is 0 Å². The van der Waals surface area contributed by atoms with E-state index >= 15 is 0 Å². The molecule has 0 unspecified atom stereocenters. The third kappa shape index (κ3) is 1.29. The zero-order chi connectivity index (χ0) is 7.78. The molecule has 1 rings (SSSR count). The van der Waals surface area contributed by atoms with Gasteiger partial charge in [-0.15, -0.1) is 0 Å².